The Morgan fingerprint density at radius 3 is 2.29 bits per heavy atom. The summed E-state index contributed by atoms with van der Waals surface area (Å²) in [6.07, 6.45) is 1.43. The molecule has 2 rings (SSSR count). The second-order valence-corrected chi connectivity index (χ2v) is 7.34. The summed E-state index contributed by atoms with van der Waals surface area (Å²) in [5.74, 6) is -0.215. The van der Waals surface area contributed by atoms with Gasteiger partial charge in [-0.05, 0) is 31.9 Å². The quantitative estimate of drug-likeness (QED) is 0.715. The molecule has 0 aliphatic carbocycles. The third kappa shape index (κ3) is 5.58. The van der Waals surface area contributed by atoms with E-state index in [0.29, 0.717) is 45.8 Å². The van der Waals surface area contributed by atoms with E-state index in [4.69, 9.17) is 4.42 Å². The maximum atomic E-state index is 13.0. The van der Waals surface area contributed by atoms with Crippen molar-refractivity contribution in [2.45, 2.75) is 33.7 Å². The first-order valence-electron chi connectivity index (χ1n) is 10.0. The first kappa shape index (κ1) is 21.9. The van der Waals surface area contributed by atoms with Crippen LogP contribution in [0.4, 0.5) is 0 Å². The number of piperazine rings is 1. The van der Waals surface area contributed by atoms with E-state index in [9.17, 15) is 14.4 Å². The minimum Gasteiger partial charge on any atom is -0.459 e. The molecule has 1 unspecified atom stereocenters. The SMILES string of the molecule is CCN(CC)C(=O)CN1CCN(C(=O)C(NC(=O)c2ccco2)C(C)C)CC1. The fourth-order valence-electron chi connectivity index (χ4n) is 3.32. The monoisotopic (exact) mass is 392 g/mol. The molecule has 1 aliphatic rings. The molecule has 0 spiro atoms. The van der Waals surface area contributed by atoms with Gasteiger partial charge in [0.15, 0.2) is 5.76 Å². The summed E-state index contributed by atoms with van der Waals surface area (Å²) in [6, 6.07) is 2.60. The van der Waals surface area contributed by atoms with Crippen LogP contribution in [0, 0.1) is 5.92 Å². The van der Waals surface area contributed by atoms with E-state index in [-0.39, 0.29) is 29.4 Å². The van der Waals surface area contributed by atoms with E-state index in [1.54, 1.807) is 17.0 Å². The first-order valence-corrected chi connectivity index (χ1v) is 10.0. The van der Waals surface area contributed by atoms with E-state index in [1.807, 2.05) is 32.6 Å². The molecule has 1 atom stereocenters. The topological polar surface area (TPSA) is 86.1 Å². The second-order valence-electron chi connectivity index (χ2n) is 7.34. The van der Waals surface area contributed by atoms with Crippen molar-refractivity contribution in [3.05, 3.63) is 24.2 Å². The molecule has 0 bridgehead atoms. The molecule has 0 saturated carbocycles. The third-order valence-electron chi connectivity index (χ3n) is 5.12. The van der Waals surface area contributed by atoms with E-state index in [2.05, 4.69) is 10.2 Å². The Labute approximate surface area is 166 Å². The van der Waals surface area contributed by atoms with Crippen molar-refractivity contribution in [3.8, 4) is 0 Å². The lowest BCUT2D eigenvalue weighted by Crippen LogP contribution is -2.57. The molecule has 8 nitrogen and oxygen atoms in total. The van der Waals surface area contributed by atoms with Gasteiger partial charge in [-0.25, -0.2) is 0 Å². The standard InChI is InChI=1S/C20H32N4O4/c1-5-23(6-2)17(25)14-22-9-11-24(12-10-22)20(27)18(15(3)4)21-19(26)16-8-7-13-28-16/h7-8,13,15,18H,5-6,9-12,14H2,1-4H3,(H,21,26). The molecule has 3 amide bonds. The Morgan fingerprint density at radius 1 is 1.14 bits per heavy atom. The Balaban J connectivity index is 1.89. The smallest absolute Gasteiger partial charge is 0.287 e. The Bertz CT molecular complexity index is 647. The van der Waals surface area contributed by atoms with Gasteiger partial charge in [0.25, 0.3) is 5.91 Å². The molecule has 28 heavy (non-hydrogen) atoms. The highest BCUT2D eigenvalue weighted by atomic mass is 16.3. The van der Waals surface area contributed by atoms with Gasteiger partial charge in [-0.2, -0.15) is 0 Å². The first-order chi connectivity index (χ1) is 13.4. The molecule has 1 saturated heterocycles. The van der Waals surface area contributed by atoms with Gasteiger partial charge < -0.3 is 19.5 Å². The minimum absolute atomic E-state index is 0.0475. The second kappa shape index (κ2) is 10.3. The fraction of sp³-hybridized carbons (Fsp3) is 0.650. The van der Waals surface area contributed by atoms with Crippen molar-refractivity contribution in [1.82, 2.24) is 20.0 Å². The Hall–Kier alpha value is -2.35. The van der Waals surface area contributed by atoms with Crippen LogP contribution in [0.25, 0.3) is 0 Å². The number of furan rings is 1. The lowest BCUT2D eigenvalue weighted by Gasteiger charge is -2.37. The van der Waals surface area contributed by atoms with Crippen molar-refractivity contribution in [2.24, 2.45) is 5.92 Å². The van der Waals surface area contributed by atoms with Crippen molar-refractivity contribution in [3.63, 3.8) is 0 Å². The van der Waals surface area contributed by atoms with Gasteiger partial charge >= 0.3 is 0 Å². The highest BCUT2D eigenvalue weighted by Gasteiger charge is 2.31. The highest BCUT2D eigenvalue weighted by molar-refractivity contribution is 5.95. The van der Waals surface area contributed by atoms with Crippen molar-refractivity contribution >= 4 is 17.7 Å². The lowest BCUT2D eigenvalue weighted by molar-refractivity contribution is -0.137. The molecule has 1 N–H and O–H groups in total. The summed E-state index contributed by atoms with van der Waals surface area (Å²) in [7, 11) is 0. The molecule has 0 radical (unpaired) electrons. The van der Waals surface area contributed by atoms with Crippen LogP contribution in [0.5, 0.6) is 0 Å². The summed E-state index contributed by atoms with van der Waals surface area (Å²) in [5, 5.41) is 2.79. The van der Waals surface area contributed by atoms with E-state index in [0.717, 1.165) is 0 Å². The number of carbonyl (C=O) groups is 3. The largest absolute Gasteiger partial charge is 0.459 e. The zero-order valence-corrected chi connectivity index (χ0v) is 17.3. The van der Waals surface area contributed by atoms with Gasteiger partial charge in [0.2, 0.25) is 11.8 Å². The predicted molar refractivity (Wildman–Crippen MR) is 106 cm³/mol. The number of hydrogen-bond acceptors (Lipinski definition) is 5. The molecule has 1 aliphatic heterocycles. The molecule has 1 fully saturated rings. The minimum atomic E-state index is -0.610. The number of nitrogens with zero attached hydrogens (tertiary/aromatic N) is 3. The molecule has 8 heteroatoms. The van der Waals surface area contributed by atoms with Crippen molar-refractivity contribution in [2.75, 3.05) is 45.8 Å². The summed E-state index contributed by atoms with van der Waals surface area (Å²) >= 11 is 0. The van der Waals surface area contributed by atoms with Crippen LogP contribution in [0.15, 0.2) is 22.8 Å². The number of hydrogen-bond donors (Lipinski definition) is 1. The number of rotatable bonds is 8. The highest BCUT2D eigenvalue weighted by Crippen LogP contribution is 2.11. The average Bonchev–Trinajstić information content (AvgIpc) is 3.21. The summed E-state index contributed by atoms with van der Waals surface area (Å²) in [6.45, 7) is 11.9. The molecule has 1 aromatic rings. The summed E-state index contributed by atoms with van der Waals surface area (Å²) < 4.78 is 5.11. The van der Waals surface area contributed by atoms with Gasteiger partial charge in [0, 0.05) is 39.3 Å². The summed E-state index contributed by atoms with van der Waals surface area (Å²) in [4.78, 5) is 43.2. The van der Waals surface area contributed by atoms with Gasteiger partial charge in [-0.15, -0.1) is 0 Å². The van der Waals surface area contributed by atoms with Crippen LogP contribution in [-0.4, -0.2) is 84.3 Å². The molecule has 2 heterocycles. The number of likely N-dealkylation sites (N-methyl/N-ethyl adjacent to an activating group) is 1. The van der Waals surface area contributed by atoms with Gasteiger partial charge in [0.1, 0.15) is 6.04 Å². The van der Waals surface area contributed by atoms with E-state index in [1.165, 1.54) is 6.26 Å². The fourth-order valence-corrected chi connectivity index (χ4v) is 3.32. The zero-order valence-electron chi connectivity index (χ0n) is 17.3. The number of carbonyl (C=O) groups excluding carboxylic acids is 3. The Kier molecular flexibility index (Phi) is 8.04. The molecule has 156 valence electrons. The van der Waals surface area contributed by atoms with Crippen molar-refractivity contribution < 1.29 is 18.8 Å². The van der Waals surface area contributed by atoms with Gasteiger partial charge in [-0.1, -0.05) is 13.8 Å². The summed E-state index contributed by atoms with van der Waals surface area (Å²) in [5.41, 5.74) is 0. The maximum absolute atomic E-state index is 13.0. The molecule has 0 aromatic carbocycles. The number of amides is 3. The lowest BCUT2D eigenvalue weighted by atomic mass is 10.0. The average molecular weight is 393 g/mol. The Morgan fingerprint density at radius 2 is 1.79 bits per heavy atom. The number of nitrogens with one attached hydrogen (secondary N) is 1. The van der Waals surface area contributed by atoms with Gasteiger partial charge in [-0.3, -0.25) is 19.3 Å². The van der Waals surface area contributed by atoms with E-state index < -0.39 is 6.04 Å². The molecule has 1 aromatic heterocycles. The van der Waals surface area contributed by atoms with Crippen LogP contribution >= 0.6 is 0 Å². The molecular weight excluding hydrogens is 360 g/mol. The third-order valence-corrected chi connectivity index (χ3v) is 5.12. The van der Waals surface area contributed by atoms with Gasteiger partial charge in [0.05, 0.1) is 12.8 Å². The van der Waals surface area contributed by atoms with Crippen LogP contribution in [0.1, 0.15) is 38.2 Å². The van der Waals surface area contributed by atoms with Crippen LogP contribution in [0.3, 0.4) is 0 Å². The normalized spacial score (nSPS) is 16.1. The zero-order chi connectivity index (χ0) is 20.7. The van der Waals surface area contributed by atoms with Crippen molar-refractivity contribution in [1.29, 1.82) is 0 Å². The van der Waals surface area contributed by atoms with Crippen LogP contribution in [0.2, 0.25) is 0 Å². The molecular formula is C20H32N4O4. The predicted octanol–water partition coefficient (Wildman–Crippen LogP) is 1.05. The van der Waals surface area contributed by atoms with Crippen LogP contribution in [-0.2, 0) is 9.59 Å². The van der Waals surface area contributed by atoms with E-state index >= 15 is 0 Å². The maximum Gasteiger partial charge on any atom is 0.287 e. The van der Waals surface area contributed by atoms with Crippen LogP contribution < -0.4 is 5.32 Å².